The second-order valence-electron chi connectivity index (χ2n) is 4.21. The van der Waals surface area contributed by atoms with E-state index < -0.39 is 0 Å². The topological polar surface area (TPSA) is 0 Å². The summed E-state index contributed by atoms with van der Waals surface area (Å²) in [5.74, 6) is 2.86. The fourth-order valence-corrected chi connectivity index (χ4v) is 2.60. The summed E-state index contributed by atoms with van der Waals surface area (Å²) < 4.78 is 0. The van der Waals surface area contributed by atoms with Crippen molar-refractivity contribution in [1.29, 1.82) is 0 Å². The lowest BCUT2D eigenvalue weighted by Gasteiger charge is -2.30. The zero-order chi connectivity index (χ0) is 8.23. The van der Waals surface area contributed by atoms with Crippen LogP contribution in [0, 0.1) is 11.8 Å². The van der Waals surface area contributed by atoms with Crippen molar-refractivity contribution < 1.29 is 0 Å². The average Bonchev–Trinajstić information content (AvgIpc) is 2.21. The summed E-state index contributed by atoms with van der Waals surface area (Å²) in [4.78, 5) is 0. The van der Waals surface area contributed by atoms with Gasteiger partial charge in [-0.05, 0) is 43.9 Å². The number of hydrogen-bond donors (Lipinski definition) is 0. The molecule has 0 unspecified atom stereocenters. The smallest absolute Gasteiger partial charge is 0.0170 e. The molecule has 0 heteroatoms. The summed E-state index contributed by atoms with van der Waals surface area (Å²) in [6, 6.07) is 0. The Morgan fingerprint density at radius 1 is 1.00 bits per heavy atom. The molecule has 0 amide bonds. The third-order valence-corrected chi connectivity index (χ3v) is 3.36. The largest absolute Gasteiger partial charge is 0.0885 e. The van der Waals surface area contributed by atoms with Gasteiger partial charge in [-0.2, -0.15) is 0 Å². The lowest BCUT2D eigenvalue weighted by atomic mass is 9.75. The van der Waals surface area contributed by atoms with Crippen molar-refractivity contribution in [2.24, 2.45) is 5.92 Å². The Bertz CT molecular complexity index is 151. The molecule has 0 bridgehead atoms. The van der Waals surface area contributed by atoms with Crippen molar-refractivity contribution in [3.8, 4) is 0 Å². The molecule has 0 nitrogen and oxygen atoms in total. The SMILES string of the molecule is C1=CC[C](C2CCCCC2)CC1. The summed E-state index contributed by atoms with van der Waals surface area (Å²) in [6.45, 7) is 0. The van der Waals surface area contributed by atoms with Crippen LogP contribution in [0.25, 0.3) is 0 Å². The summed E-state index contributed by atoms with van der Waals surface area (Å²) in [5, 5.41) is 0. The van der Waals surface area contributed by atoms with Gasteiger partial charge in [0.25, 0.3) is 0 Å². The van der Waals surface area contributed by atoms with Gasteiger partial charge in [0.15, 0.2) is 0 Å². The van der Waals surface area contributed by atoms with Crippen molar-refractivity contribution in [3.05, 3.63) is 18.1 Å². The highest BCUT2D eigenvalue weighted by atomic mass is 14.3. The van der Waals surface area contributed by atoms with E-state index in [0.717, 1.165) is 5.92 Å². The van der Waals surface area contributed by atoms with Crippen LogP contribution in [0.2, 0.25) is 0 Å². The molecule has 0 saturated heterocycles. The Hall–Kier alpha value is -0.260. The van der Waals surface area contributed by atoms with E-state index in [0.29, 0.717) is 0 Å². The molecule has 1 fully saturated rings. The first kappa shape index (κ1) is 8.34. The Balaban J connectivity index is 1.85. The van der Waals surface area contributed by atoms with Gasteiger partial charge < -0.3 is 0 Å². The molecular formula is C12H19. The predicted molar refractivity (Wildman–Crippen MR) is 52.8 cm³/mol. The molecule has 0 aliphatic heterocycles. The monoisotopic (exact) mass is 163 g/mol. The van der Waals surface area contributed by atoms with Gasteiger partial charge in [-0.15, -0.1) is 0 Å². The fourth-order valence-electron chi connectivity index (χ4n) is 2.60. The lowest BCUT2D eigenvalue weighted by molar-refractivity contribution is 0.350. The number of hydrogen-bond acceptors (Lipinski definition) is 0. The first-order valence-corrected chi connectivity index (χ1v) is 5.46. The molecule has 0 atom stereocenters. The molecule has 1 saturated carbocycles. The van der Waals surface area contributed by atoms with Crippen molar-refractivity contribution in [2.75, 3.05) is 0 Å². The fraction of sp³-hybridized carbons (Fsp3) is 0.750. The minimum absolute atomic E-state index is 1.00. The first-order valence-electron chi connectivity index (χ1n) is 5.46. The third kappa shape index (κ3) is 1.91. The van der Waals surface area contributed by atoms with Crippen LogP contribution in [0.15, 0.2) is 12.2 Å². The van der Waals surface area contributed by atoms with Crippen molar-refractivity contribution in [2.45, 2.75) is 51.4 Å². The number of allylic oxidation sites excluding steroid dienone is 2. The molecule has 0 aromatic carbocycles. The average molecular weight is 163 g/mol. The Labute approximate surface area is 76.1 Å². The quantitative estimate of drug-likeness (QED) is 0.515. The van der Waals surface area contributed by atoms with E-state index in [1.807, 2.05) is 5.92 Å². The van der Waals surface area contributed by atoms with Crippen LogP contribution in [0.5, 0.6) is 0 Å². The van der Waals surface area contributed by atoms with Gasteiger partial charge in [0.05, 0.1) is 0 Å². The van der Waals surface area contributed by atoms with Crippen LogP contribution < -0.4 is 0 Å². The molecule has 0 aromatic heterocycles. The summed E-state index contributed by atoms with van der Waals surface area (Å²) in [5.41, 5.74) is 0. The van der Waals surface area contributed by atoms with Gasteiger partial charge in [-0.1, -0.05) is 31.4 Å². The van der Waals surface area contributed by atoms with E-state index in [1.165, 1.54) is 51.4 Å². The maximum atomic E-state index is 2.37. The lowest BCUT2D eigenvalue weighted by Crippen LogP contribution is -2.16. The van der Waals surface area contributed by atoms with Gasteiger partial charge in [0.2, 0.25) is 0 Å². The molecule has 0 N–H and O–H groups in total. The molecule has 12 heavy (non-hydrogen) atoms. The Kier molecular flexibility index (Phi) is 2.86. The van der Waals surface area contributed by atoms with Crippen LogP contribution >= 0.6 is 0 Å². The number of rotatable bonds is 1. The van der Waals surface area contributed by atoms with Gasteiger partial charge in [-0.3, -0.25) is 0 Å². The Morgan fingerprint density at radius 3 is 2.50 bits per heavy atom. The zero-order valence-electron chi connectivity index (χ0n) is 7.89. The van der Waals surface area contributed by atoms with E-state index in [4.69, 9.17) is 0 Å². The van der Waals surface area contributed by atoms with Crippen LogP contribution in [-0.2, 0) is 0 Å². The maximum absolute atomic E-state index is 2.37. The predicted octanol–water partition coefficient (Wildman–Crippen LogP) is 3.88. The van der Waals surface area contributed by atoms with Gasteiger partial charge in [0.1, 0.15) is 0 Å². The standard InChI is InChI=1S/C12H19/c1-3-7-11(8-4-1)12-9-5-2-6-10-12/h1,3,12H,2,4-10H2. The summed E-state index contributed by atoms with van der Waals surface area (Å²) >= 11 is 0. The van der Waals surface area contributed by atoms with Gasteiger partial charge in [0, 0.05) is 0 Å². The second-order valence-corrected chi connectivity index (χ2v) is 4.21. The van der Waals surface area contributed by atoms with Crippen LogP contribution in [0.1, 0.15) is 51.4 Å². The minimum Gasteiger partial charge on any atom is -0.0885 e. The summed E-state index contributed by atoms with van der Waals surface area (Å²) in [7, 11) is 0. The van der Waals surface area contributed by atoms with Crippen LogP contribution in [-0.4, -0.2) is 0 Å². The van der Waals surface area contributed by atoms with E-state index in [9.17, 15) is 0 Å². The third-order valence-electron chi connectivity index (χ3n) is 3.36. The van der Waals surface area contributed by atoms with Crippen LogP contribution in [0.4, 0.5) is 0 Å². The molecule has 1 radical (unpaired) electrons. The van der Waals surface area contributed by atoms with Gasteiger partial charge >= 0.3 is 0 Å². The Morgan fingerprint density at radius 2 is 1.83 bits per heavy atom. The van der Waals surface area contributed by atoms with E-state index in [2.05, 4.69) is 12.2 Å². The highest BCUT2D eigenvalue weighted by molar-refractivity contribution is 5.08. The molecular weight excluding hydrogens is 144 g/mol. The molecule has 0 spiro atoms. The molecule has 0 heterocycles. The highest BCUT2D eigenvalue weighted by Crippen LogP contribution is 2.37. The van der Waals surface area contributed by atoms with E-state index >= 15 is 0 Å². The van der Waals surface area contributed by atoms with Crippen molar-refractivity contribution in [3.63, 3.8) is 0 Å². The summed E-state index contributed by atoms with van der Waals surface area (Å²) in [6.07, 6.45) is 16.1. The molecule has 0 aromatic rings. The molecule has 2 aliphatic carbocycles. The highest BCUT2D eigenvalue weighted by Gasteiger charge is 2.23. The molecule has 67 valence electrons. The van der Waals surface area contributed by atoms with E-state index in [1.54, 1.807) is 0 Å². The molecule has 2 rings (SSSR count). The minimum atomic E-state index is 1.00. The van der Waals surface area contributed by atoms with Crippen molar-refractivity contribution in [1.82, 2.24) is 0 Å². The van der Waals surface area contributed by atoms with Crippen LogP contribution in [0.3, 0.4) is 0 Å². The second kappa shape index (κ2) is 4.11. The zero-order valence-corrected chi connectivity index (χ0v) is 7.89. The van der Waals surface area contributed by atoms with Crippen molar-refractivity contribution >= 4 is 0 Å². The van der Waals surface area contributed by atoms with E-state index in [-0.39, 0.29) is 0 Å². The molecule has 2 aliphatic rings. The maximum Gasteiger partial charge on any atom is -0.0170 e. The van der Waals surface area contributed by atoms with Gasteiger partial charge in [-0.25, -0.2) is 0 Å². The first-order chi connectivity index (χ1) is 5.97. The normalized spacial score (nSPS) is 27.7.